The minimum atomic E-state index is -0.289. The third kappa shape index (κ3) is 2.65. The molecule has 0 spiro atoms. The van der Waals surface area contributed by atoms with Crippen molar-refractivity contribution in [3.63, 3.8) is 0 Å². The standard InChI is InChI=1S/C14H18FNO/c1-11-5-3-2-4-8-16(11)14-7-6-12(10-17)9-13(14)15/h6-7,9-11H,2-5,8H2,1H3. The highest BCUT2D eigenvalue weighted by molar-refractivity contribution is 5.76. The quantitative estimate of drug-likeness (QED) is 0.732. The van der Waals surface area contributed by atoms with Gasteiger partial charge in [-0.25, -0.2) is 4.39 Å². The minimum Gasteiger partial charge on any atom is -0.366 e. The molecule has 0 aliphatic carbocycles. The van der Waals surface area contributed by atoms with Gasteiger partial charge in [-0.2, -0.15) is 0 Å². The van der Waals surface area contributed by atoms with Crippen molar-refractivity contribution >= 4 is 12.0 Å². The maximum Gasteiger partial charge on any atom is 0.150 e. The zero-order valence-electron chi connectivity index (χ0n) is 10.2. The van der Waals surface area contributed by atoms with Crippen LogP contribution >= 0.6 is 0 Å². The van der Waals surface area contributed by atoms with Gasteiger partial charge in [0.05, 0.1) is 5.69 Å². The smallest absolute Gasteiger partial charge is 0.150 e. The highest BCUT2D eigenvalue weighted by Crippen LogP contribution is 2.26. The van der Waals surface area contributed by atoms with Gasteiger partial charge in [0.15, 0.2) is 0 Å². The first kappa shape index (κ1) is 12.1. The SMILES string of the molecule is CC1CCCCCN1c1ccc(C=O)cc1F. The number of anilines is 1. The number of rotatable bonds is 2. The first-order chi connectivity index (χ1) is 8.22. The normalized spacial score (nSPS) is 21.1. The van der Waals surface area contributed by atoms with E-state index in [2.05, 4.69) is 11.8 Å². The second-order valence-electron chi connectivity index (χ2n) is 4.72. The van der Waals surface area contributed by atoms with E-state index in [0.717, 1.165) is 19.4 Å². The predicted molar refractivity (Wildman–Crippen MR) is 67.1 cm³/mol. The van der Waals surface area contributed by atoms with Crippen LogP contribution in [-0.4, -0.2) is 18.9 Å². The van der Waals surface area contributed by atoms with Crippen molar-refractivity contribution in [3.8, 4) is 0 Å². The van der Waals surface area contributed by atoms with E-state index in [4.69, 9.17) is 0 Å². The van der Waals surface area contributed by atoms with Crippen LogP contribution in [0.15, 0.2) is 18.2 Å². The summed E-state index contributed by atoms with van der Waals surface area (Å²) in [7, 11) is 0. The van der Waals surface area contributed by atoms with Gasteiger partial charge < -0.3 is 4.90 Å². The van der Waals surface area contributed by atoms with Gasteiger partial charge >= 0.3 is 0 Å². The number of carbonyl (C=O) groups excluding carboxylic acids is 1. The molecule has 92 valence electrons. The van der Waals surface area contributed by atoms with Crippen LogP contribution in [0.25, 0.3) is 0 Å². The van der Waals surface area contributed by atoms with E-state index < -0.39 is 0 Å². The maximum atomic E-state index is 13.9. The molecule has 2 rings (SSSR count). The fraction of sp³-hybridized carbons (Fsp3) is 0.500. The topological polar surface area (TPSA) is 20.3 Å². The summed E-state index contributed by atoms with van der Waals surface area (Å²) in [5.41, 5.74) is 1.03. The van der Waals surface area contributed by atoms with Crippen molar-refractivity contribution in [2.75, 3.05) is 11.4 Å². The number of halogens is 1. The summed E-state index contributed by atoms with van der Waals surface area (Å²) in [6.07, 6.45) is 5.33. The van der Waals surface area contributed by atoms with Crippen molar-refractivity contribution in [1.29, 1.82) is 0 Å². The van der Waals surface area contributed by atoms with E-state index in [1.807, 2.05) is 0 Å². The van der Waals surface area contributed by atoms with Gasteiger partial charge in [-0.1, -0.05) is 12.8 Å². The van der Waals surface area contributed by atoms with Crippen LogP contribution < -0.4 is 4.90 Å². The Bertz CT molecular complexity index is 405. The molecule has 1 aromatic carbocycles. The van der Waals surface area contributed by atoms with Crippen LogP contribution in [0, 0.1) is 5.82 Å². The van der Waals surface area contributed by atoms with Crippen molar-refractivity contribution in [2.45, 2.75) is 38.6 Å². The third-order valence-corrected chi connectivity index (χ3v) is 3.47. The number of nitrogens with zero attached hydrogens (tertiary/aromatic N) is 1. The van der Waals surface area contributed by atoms with Gasteiger partial charge in [-0.15, -0.1) is 0 Å². The molecule has 1 fully saturated rings. The largest absolute Gasteiger partial charge is 0.366 e. The molecule has 0 aromatic heterocycles. The molecule has 0 radical (unpaired) electrons. The molecule has 2 nitrogen and oxygen atoms in total. The van der Waals surface area contributed by atoms with Crippen LogP contribution in [0.3, 0.4) is 0 Å². The summed E-state index contributed by atoms with van der Waals surface area (Å²) < 4.78 is 13.9. The second-order valence-corrected chi connectivity index (χ2v) is 4.72. The maximum absolute atomic E-state index is 13.9. The highest BCUT2D eigenvalue weighted by Gasteiger charge is 2.19. The summed E-state index contributed by atoms with van der Waals surface area (Å²) in [6.45, 7) is 3.04. The number of benzene rings is 1. The molecular weight excluding hydrogens is 217 g/mol. The highest BCUT2D eigenvalue weighted by atomic mass is 19.1. The lowest BCUT2D eigenvalue weighted by Crippen LogP contribution is -2.33. The van der Waals surface area contributed by atoms with Crippen LogP contribution in [0.5, 0.6) is 0 Å². The van der Waals surface area contributed by atoms with Crippen molar-refractivity contribution < 1.29 is 9.18 Å². The first-order valence-corrected chi connectivity index (χ1v) is 6.24. The molecule has 1 aliphatic rings. The molecule has 1 aromatic rings. The lowest BCUT2D eigenvalue weighted by atomic mass is 10.1. The van der Waals surface area contributed by atoms with Crippen molar-refractivity contribution in [1.82, 2.24) is 0 Å². The van der Waals surface area contributed by atoms with Crippen LogP contribution in [0.2, 0.25) is 0 Å². The minimum absolute atomic E-state index is 0.289. The average molecular weight is 235 g/mol. The van der Waals surface area contributed by atoms with E-state index in [-0.39, 0.29) is 5.82 Å². The summed E-state index contributed by atoms with van der Waals surface area (Å²) in [5, 5.41) is 0. The zero-order chi connectivity index (χ0) is 12.3. The number of aldehydes is 1. The fourth-order valence-electron chi connectivity index (χ4n) is 2.46. The van der Waals surface area contributed by atoms with Crippen molar-refractivity contribution in [2.24, 2.45) is 0 Å². The van der Waals surface area contributed by atoms with Crippen LogP contribution in [-0.2, 0) is 0 Å². The van der Waals surface area contributed by atoms with Gasteiger partial charge in [-0.05, 0) is 38.0 Å². The molecule has 0 bridgehead atoms. The van der Waals surface area contributed by atoms with E-state index in [0.29, 0.717) is 23.6 Å². The molecule has 1 saturated heterocycles. The Hall–Kier alpha value is -1.38. The first-order valence-electron chi connectivity index (χ1n) is 6.24. The van der Waals surface area contributed by atoms with Crippen molar-refractivity contribution in [3.05, 3.63) is 29.6 Å². The Morgan fingerprint density at radius 2 is 2.18 bits per heavy atom. The van der Waals surface area contributed by atoms with Gasteiger partial charge in [0.1, 0.15) is 12.1 Å². The molecule has 17 heavy (non-hydrogen) atoms. The van der Waals surface area contributed by atoms with Gasteiger partial charge in [0, 0.05) is 18.2 Å². The van der Waals surface area contributed by atoms with E-state index in [9.17, 15) is 9.18 Å². The third-order valence-electron chi connectivity index (χ3n) is 3.47. The molecule has 3 heteroatoms. The van der Waals surface area contributed by atoms with E-state index in [1.165, 1.54) is 18.9 Å². The molecule has 1 aliphatic heterocycles. The Labute approximate surface area is 101 Å². The number of carbonyl (C=O) groups is 1. The van der Waals surface area contributed by atoms with Crippen LogP contribution in [0.4, 0.5) is 10.1 Å². The molecule has 1 heterocycles. The van der Waals surface area contributed by atoms with E-state index >= 15 is 0 Å². The number of hydrogen-bond acceptors (Lipinski definition) is 2. The lowest BCUT2D eigenvalue weighted by Gasteiger charge is -2.29. The Morgan fingerprint density at radius 3 is 2.88 bits per heavy atom. The Morgan fingerprint density at radius 1 is 1.35 bits per heavy atom. The average Bonchev–Trinajstić information content (AvgIpc) is 2.54. The fourth-order valence-corrected chi connectivity index (χ4v) is 2.46. The monoisotopic (exact) mass is 235 g/mol. The molecular formula is C14H18FNO. The second kappa shape index (κ2) is 5.30. The molecule has 0 N–H and O–H groups in total. The zero-order valence-corrected chi connectivity index (χ0v) is 10.2. The summed E-state index contributed by atoms with van der Waals surface area (Å²) in [6, 6.07) is 5.10. The summed E-state index contributed by atoms with van der Waals surface area (Å²) in [4.78, 5) is 12.7. The summed E-state index contributed by atoms with van der Waals surface area (Å²) in [5.74, 6) is -0.289. The molecule has 0 saturated carbocycles. The Kier molecular flexibility index (Phi) is 3.77. The molecule has 0 amide bonds. The number of hydrogen-bond donors (Lipinski definition) is 0. The van der Waals surface area contributed by atoms with Gasteiger partial charge in [-0.3, -0.25) is 4.79 Å². The van der Waals surface area contributed by atoms with Gasteiger partial charge in [0.25, 0.3) is 0 Å². The van der Waals surface area contributed by atoms with Gasteiger partial charge in [0.2, 0.25) is 0 Å². The predicted octanol–water partition coefficient (Wildman–Crippen LogP) is 3.41. The molecule has 1 atom stereocenters. The van der Waals surface area contributed by atoms with Crippen LogP contribution in [0.1, 0.15) is 43.0 Å². The lowest BCUT2D eigenvalue weighted by molar-refractivity contribution is 0.112. The Balaban J connectivity index is 2.28. The summed E-state index contributed by atoms with van der Waals surface area (Å²) >= 11 is 0. The van der Waals surface area contributed by atoms with E-state index in [1.54, 1.807) is 12.1 Å². The molecule has 1 unspecified atom stereocenters.